The highest BCUT2D eigenvalue weighted by atomic mass is 35.5. The topological polar surface area (TPSA) is 71.5 Å². The van der Waals surface area contributed by atoms with Crippen molar-refractivity contribution in [3.05, 3.63) is 23.5 Å². The van der Waals surface area contributed by atoms with Gasteiger partial charge < -0.3 is 4.74 Å². The average Bonchev–Trinajstić information content (AvgIpc) is 2.33. The first-order valence-electron chi connectivity index (χ1n) is 5.05. The normalized spacial score (nSPS) is 17.9. The van der Waals surface area contributed by atoms with Gasteiger partial charge in [0.25, 0.3) is 0 Å². The summed E-state index contributed by atoms with van der Waals surface area (Å²) in [7, 11) is -3.58. The highest BCUT2D eigenvalue weighted by Crippen LogP contribution is 2.21. The Morgan fingerprint density at radius 2 is 2.12 bits per heavy atom. The molecule has 1 N–H and O–H groups in total. The summed E-state index contributed by atoms with van der Waals surface area (Å²) in [6.07, 6.45) is 2.87. The minimum absolute atomic E-state index is 0.278. The van der Waals surface area contributed by atoms with Gasteiger partial charge in [-0.25, -0.2) is 0 Å². The van der Waals surface area contributed by atoms with Crippen LogP contribution >= 0.6 is 11.6 Å². The van der Waals surface area contributed by atoms with Gasteiger partial charge in [0.2, 0.25) is 0 Å². The van der Waals surface area contributed by atoms with E-state index in [0.29, 0.717) is 31.3 Å². The molecule has 2 rings (SSSR count). The van der Waals surface area contributed by atoms with Gasteiger partial charge in [-0.15, -0.1) is 0 Å². The Morgan fingerprint density at radius 1 is 1.41 bits per heavy atom. The zero-order valence-electron chi connectivity index (χ0n) is 8.97. The minimum Gasteiger partial charge on any atom is -0.379 e. The Bertz CT molecular complexity index is 488. The molecule has 1 aromatic heterocycles. The van der Waals surface area contributed by atoms with Crippen LogP contribution in [-0.4, -0.2) is 44.0 Å². The molecular weight excluding hydrogens is 266 g/mol. The van der Waals surface area contributed by atoms with E-state index >= 15 is 0 Å². The van der Waals surface area contributed by atoms with Crippen LogP contribution < -0.4 is 4.72 Å². The molecule has 1 aliphatic heterocycles. The molecule has 6 nitrogen and oxygen atoms in total. The number of nitrogens with one attached hydrogen (secondary N) is 1. The van der Waals surface area contributed by atoms with Gasteiger partial charge in [0.15, 0.2) is 0 Å². The van der Waals surface area contributed by atoms with E-state index < -0.39 is 10.2 Å². The maximum Gasteiger partial charge on any atom is 0.301 e. The fourth-order valence-corrected chi connectivity index (χ4v) is 2.85. The van der Waals surface area contributed by atoms with Crippen LogP contribution in [0.5, 0.6) is 0 Å². The van der Waals surface area contributed by atoms with Crippen molar-refractivity contribution in [3.63, 3.8) is 0 Å². The van der Waals surface area contributed by atoms with Crippen LogP contribution in [0.1, 0.15) is 0 Å². The Kier molecular flexibility index (Phi) is 3.82. The molecule has 8 heteroatoms. The zero-order valence-corrected chi connectivity index (χ0v) is 10.5. The monoisotopic (exact) mass is 277 g/mol. The molecule has 0 spiro atoms. The number of hydrogen-bond acceptors (Lipinski definition) is 4. The zero-order chi connectivity index (χ0) is 12.3. The lowest BCUT2D eigenvalue weighted by atomic mass is 10.4. The highest BCUT2D eigenvalue weighted by molar-refractivity contribution is 7.90. The molecule has 0 saturated carbocycles. The van der Waals surface area contributed by atoms with Crippen molar-refractivity contribution >= 4 is 27.5 Å². The van der Waals surface area contributed by atoms with Gasteiger partial charge in [0, 0.05) is 19.3 Å². The third-order valence-corrected chi connectivity index (χ3v) is 4.17. The largest absolute Gasteiger partial charge is 0.379 e. The summed E-state index contributed by atoms with van der Waals surface area (Å²) in [6, 6.07) is 1.53. The number of morpholine rings is 1. The quantitative estimate of drug-likeness (QED) is 0.884. The molecule has 0 bridgehead atoms. The molecule has 0 atom stereocenters. The predicted octanol–water partition coefficient (Wildman–Crippen LogP) is 0.724. The minimum atomic E-state index is -3.58. The summed E-state index contributed by atoms with van der Waals surface area (Å²) in [5.74, 6) is 0. The summed E-state index contributed by atoms with van der Waals surface area (Å²) >= 11 is 5.86. The summed E-state index contributed by atoms with van der Waals surface area (Å²) < 4.78 is 32.8. The lowest BCUT2D eigenvalue weighted by Gasteiger charge is -2.26. The van der Waals surface area contributed by atoms with Gasteiger partial charge in [-0.2, -0.15) is 12.7 Å². The molecule has 0 amide bonds. The first kappa shape index (κ1) is 12.6. The average molecular weight is 278 g/mol. The molecule has 1 saturated heterocycles. The third kappa shape index (κ3) is 3.06. The molecule has 94 valence electrons. The maximum atomic E-state index is 12.0. The van der Waals surface area contributed by atoms with Crippen LogP contribution in [0.4, 0.5) is 5.69 Å². The molecule has 1 aliphatic rings. The second kappa shape index (κ2) is 5.18. The van der Waals surface area contributed by atoms with Crippen molar-refractivity contribution in [2.24, 2.45) is 0 Å². The number of ether oxygens (including phenoxy) is 1. The number of pyridine rings is 1. The molecule has 17 heavy (non-hydrogen) atoms. The van der Waals surface area contributed by atoms with E-state index in [1.54, 1.807) is 0 Å². The van der Waals surface area contributed by atoms with Crippen LogP contribution in [0.25, 0.3) is 0 Å². The second-order valence-corrected chi connectivity index (χ2v) is 5.55. The van der Waals surface area contributed by atoms with Gasteiger partial charge in [-0.1, -0.05) is 11.6 Å². The molecule has 1 aromatic rings. The highest BCUT2D eigenvalue weighted by Gasteiger charge is 2.24. The predicted molar refractivity (Wildman–Crippen MR) is 64.2 cm³/mol. The Balaban J connectivity index is 2.14. The van der Waals surface area contributed by atoms with E-state index in [0.717, 1.165) is 0 Å². The fourth-order valence-electron chi connectivity index (χ4n) is 1.44. The van der Waals surface area contributed by atoms with Gasteiger partial charge in [0.1, 0.15) is 0 Å². The van der Waals surface area contributed by atoms with E-state index in [2.05, 4.69) is 9.71 Å². The van der Waals surface area contributed by atoms with Gasteiger partial charge in [0.05, 0.1) is 30.1 Å². The standard InChI is InChI=1S/C9H12ClN3O3S/c10-8-1-2-11-7-9(8)12-17(14,15)13-3-5-16-6-4-13/h1-2,7,12H,3-6H2. The van der Waals surface area contributed by atoms with Crippen molar-refractivity contribution in [1.29, 1.82) is 0 Å². The lowest BCUT2D eigenvalue weighted by Crippen LogP contribution is -2.43. The number of halogens is 1. The van der Waals surface area contributed by atoms with E-state index in [1.165, 1.54) is 22.8 Å². The summed E-state index contributed by atoms with van der Waals surface area (Å²) in [5, 5.41) is 0.317. The molecule has 0 aliphatic carbocycles. The van der Waals surface area contributed by atoms with Crippen molar-refractivity contribution in [2.45, 2.75) is 0 Å². The van der Waals surface area contributed by atoms with Crippen molar-refractivity contribution in [3.8, 4) is 0 Å². The first-order chi connectivity index (χ1) is 8.09. The summed E-state index contributed by atoms with van der Waals surface area (Å²) in [5.41, 5.74) is 0.278. The molecule has 0 unspecified atom stereocenters. The molecule has 2 heterocycles. The van der Waals surface area contributed by atoms with Crippen LogP contribution in [-0.2, 0) is 14.9 Å². The first-order valence-corrected chi connectivity index (χ1v) is 6.86. The van der Waals surface area contributed by atoms with Crippen LogP contribution in [0.15, 0.2) is 18.5 Å². The second-order valence-electron chi connectivity index (χ2n) is 3.47. The van der Waals surface area contributed by atoms with E-state index in [4.69, 9.17) is 16.3 Å². The van der Waals surface area contributed by atoms with Crippen molar-refractivity contribution in [1.82, 2.24) is 9.29 Å². The maximum absolute atomic E-state index is 12.0. The van der Waals surface area contributed by atoms with E-state index in [-0.39, 0.29) is 5.69 Å². The van der Waals surface area contributed by atoms with Crippen molar-refractivity contribution in [2.75, 3.05) is 31.0 Å². The smallest absolute Gasteiger partial charge is 0.301 e. The fraction of sp³-hybridized carbons (Fsp3) is 0.444. The van der Waals surface area contributed by atoms with Gasteiger partial charge in [-0.3, -0.25) is 9.71 Å². The molecule has 0 radical (unpaired) electrons. The molecule has 1 fully saturated rings. The number of hydrogen-bond donors (Lipinski definition) is 1. The van der Waals surface area contributed by atoms with Crippen molar-refractivity contribution < 1.29 is 13.2 Å². The Morgan fingerprint density at radius 3 is 2.76 bits per heavy atom. The number of anilines is 1. The third-order valence-electron chi connectivity index (χ3n) is 2.32. The Hall–Kier alpha value is -0.890. The Labute approximate surface area is 105 Å². The molecular formula is C9H12ClN3O3S. The van der Waals surface area contributed by atoms with E-state index in [1.807, 2.05) is 0 Å². The van der Waals surface area contributed by atoms with Crippen LogP contribution in [0.2, 0.25) is 5.02 Å². The SMILES string of the molecule is O=S(=O)(Nc1cnccc1Cl)N1CCOCC1. The summed E-state index contributed by atoms with van der Waals surface area (Å²) in [4.78, 5) is 3.82. The van der Waals surface area contributed by atoms with E-state index in [9.17, 15) is 8.42 Å². The number of nitrogens with zero attached hydrogens (tertiary/aromatic N) is 2. The van der Waals surface area contributed by atoms with Crippen LogP contribution in [0, 0.1) is 0 Å². The molecule has 0 aromatic carbocycles. The number of aromatic nitrogens is 1. The van der Waals surface area contributed by atoms with Gasteiger partial charge >= 0.3 is 10.2 Å². The lowest BCUT2D eigenvalue weighted by molar-refractivity contribution is 0.0733. The van der Waals surface area contributed by atoms with Gasteiger partial charge in [-0.05, 0) is 6.07 Å². The summed E-state index contributed by atoms with van der Waals surface area (Å²) in [6.45, 7) is 1.49. The van der Waals surface area contributed by atoms with Crippen LogP contribution in [0.3, 0.4) is 0 Å². The number of rotatable bonds is 3.